The highest BCUT2D eigenvalue weighted by Gasteiger charge is 2.16. The van der Waals surface area contributed by atoms with Crippen LogP contribution in [0.1, 0.15) is 11.4 Å². The molecule has 17 heavy (non-hydrogen) atoms. The zero-order chi connectivity index (χ0) is 11.7. The molecule has 1 aliphatic rings. The molecule has 0 fully saturated rings. The van der Waals surface area contributed by atoms with Gasteiger partial charge in [0.15, 0.2) is 0 Å². The number of fused-ring (bicyclic) bond motifs is 1. The first kappa shape index (κ1) is 10.8. The molecule has 1 aliphatic heterocycles. The van der Waals surface area contributed by atoms with Gasteiger partial charge < -0.3 is 9.47 Å². The van der Waals surface area contributed by atoms with E-state index in [9.17, 15) is 0 Å². The van der Waals surface area contributed by atoms with Gasteiger partial charge in [0.25, 0.3) is 0 Å². The fourth-order valence-electron chi connectivity index (χ4n) is 2.19. The number of imidazole rings is 1. The number of hydrogen-bond donors (Lipinski definition) is 0. The Morgan fingerprint density at radius 1 is 1.18 bits per heavy atom. The fraction of sp³-hybridized carbons (Fsp3) is 0.308. The molecule has 0 saturated heterocycles. The smallest absolute Gasteiger partial charge is 0.128 e. The molecule has 0 aliphatic carbocycles. The molecule has 0 saturated carbocycles. The van der Waals surface area contributed by atoms with E-state index in [1.807, 2.05) is 6.20 Å². The van der Waals surface area contributed by atoms with Gasteiger partial charge in [0.1, 0.15) is 5.82 Å². The number of rotatable bonds is 2. The third-order valence-corrected chi connectivity index (χ3v) is 3.85. The molecule has 1 aromatic carbocycles. The zero-order valence-corrected chi connectivity index (χ0v) is 11.1. The highest BCUT2D eigenvalue weighted by Crippen LogP contribution is 2.21. The molecule has 0 bridgehead atoms. The van der Waals surface area contributed by atoms with Gasteiger partial charge in [0.2, 0.25) is 0 Å². The van der Waals surface area contributed by atoms with Gasteiger partial charge in [-0.05, 0) is 17.7 Å². The Kier molecular flexibility index (Phi) is 2.89. The lowest BCUT2D eigenvalue weighted by atomic mass is 10.2. The van der Waals surface area contributed by atoms with Gasteiger partial charge in [-0.25, -0.2) is 4.98 Å². The molecular weight excluding hydrogens is 278 g/mol. The van der Waals surface area contributed by atoms with Gasteiger partial charge in [-0.3, -0.25) is 0 Å². The molecule has 3 nitrogen and oxygen atoms in total. The van der Waals surface area contributed by atoms with E-state index >= 15 is 0 Å². The predicted octanol–water partition coefficient (Wildman–Crippen LogP) is 2.80. The molecular formula is C13H14BrN3. The van der Waals surface area contributed by atoms with Crippen molar-refractivity contribution in [2.24, 2.45) is 0 Å². The third-order valence-electron chi connectivity index (χ3n) is 3.20. The first-order valence-corrected chi connectivity index (χ1v) is 6.89. The molecule has 88 valence electrons. The number of aromatic nitrogens is 2. The van der Waals surface area contributed by atoms with Crippen LogP contribution in [0.25, 0.3) is 0 Å². The molecule has 4 heteroatoms. The monoisotopic (exact) mass is 291 g/mol. The van der Waals surface area contributed by atoms with E-state index in [1.165, 1.54) is 11.3 Å². The Morgan fingerprint density at radius 3 is 2.76 bits per heavy atom. The van der Waals surface area contributed by atoms with Crippen molar-refractivity contribution in [2.75, 3.05) is 11.4 Å². The summed E-state index contributed by atoms with van der Waals surface area (Å²) in [5.41, 5.74) is 2.59. The predicted molar refractivity (Wildman–Crippen MR) is 72.4 cm³/mol. The van der Waals surface area contributed by atoms with Crippen LogP contribution in [0.15, 0.2) is 36.7 Å². The number of alkyl halides is 1. The van der Waals surface area contributed by atoms with Crippen LogP contribution in [0.2, 0.25) is 0 Å². The van der Waals surface area contributed by atoms with Crippen molar-refractivity contribution >= 4 is 21.6 Å². The lowest BCUT2D eigenvalue weighted by Crippen LogP contribution is -2.33. The van der Waals surface area contributed by atoms with Crippen LogP contribution >= 0.6 is 15.9 Å². The highest BCUT2D eigenvalue weighted by molar-refractivity contribution is 9.08. The van der Waals surface area contributed by atoms with Crippen LogP contribution in [0.3, 0.4) is 0 Å². The van der Waals surface area contributed by atoms with Gasteiger partial charge in [-0.1, -0.05) is 28.1 Å². The Morgan fingerprint density at radius 2 is 2.00 bits per heavy atom. The Hall–Kier alpha value is -1.29. The lowest BCUT2D eigenvalue weighted by molar-refractivity contribution is 0.560. The van der Waals surface area contributed by atoms with Gasteiger partial charge in [-0.15, -0.1) is 0 Å². The van der Waals surface area contributed by atoms with Crippen molar-refractivity contribution in [1.82, 2.24) is 9.55 Å². The van der Waals surface area contributed by atoms with Crippen molar-refractivity contribution in [3.05, 3.63) is 48.0 Å². The molecule has 2 heterocycles. The zero-order valence-electron chi connectivity index (χ0n) is 9.51. The topological polar surface area (TPSA) is 21.1 Å². The molecule has 2 aromatic rings. The maximum Gasteiger partial charge on any atom is 0.128 e. The SMILES string of the molecule is BrCc1ccc(N2CCn3ccnc3C2)cc1. The first-order valence-electron chi connectivity index (χ1n) is 5.76. The summed E-state index contributed by atoms with van der Waals surface area (Å²) in [6.07, 6.45) is 3.94. The van der Waals surface area contributed by atoms with Crippen LogP contribution in [-0.2, 0) is 18.4 Å². The van der Waals surface area contributed by atoms with Crippen LogP contribution in [0.5, 0.6) is 0 Å². The second-order valence-electron chi connectivity index (χ2n) is 4.26. The largest absolute Gasteiger partial charge is 0.362 e. The van der Waals surface area contributed by atoms with Gasteiger partial charge in [0, 0.05) is 36.5 Å². The van der Waals surface area contributed by atoms with Gasteiger partial charge in [-0.2, -0.15) is 0 Å². The van der Waals surface area contributed by atoms with E-state index < -0.39 is 0 Å². The summed E-state index contributed by atoms with van der Waals surface area (Å²) >= 11 is 3.47. The lowest BCUT2D eigenvalue weighted by Gasteiger charge is -2.29. The third kappa shape index (κ3) is 2.09. The quantitative estimate of drug-likeness (QED) is 0.794. The van der Waals surface area contributed by atoms with Crippen molar-refractivity contribution in [2.45, 2.75) is 18.4 Å². The van der Waals surface area contributed by atoms with Crippen molar-refractivity contribution in [3.63, 3.8) is 0 Å². The van der Waals surface area contributed by atoms with Gasteiger partial charge in [0.05, 0.1) is 6.54 Å². The first-order chi connectivity index (χ1) is 8.36. The van der Waals surface area contributed by atoms with Crippen molar-refractivity contribution in [3.8, 4) is 0 Å². The summed E-state index contributed by atoms with van der Waals surface area (Å²) in [7, 11) is 0. The summed E-state index contributed by atoms with van der Waals surface area (Å²) in [6, 6.07) is 8.72. The summed E-state index contributed by atoms with van der Waals surface area (Å²) < 4.78 is 2.23. The van der Waals surface area contributed by atoms with E-state index in [-0.39, 0.29) is 0 Å². The average molecular weight is 292 g/mol. The van der Waals surface area contributed by atoms with E-state index in [2.05, 4.69) is 60.8 Å². The Labute approximate surface area is 109 Å². The Balaban J connectivity index is 1.81. The summed E-state index contributed by atoms with van der Waals surface area (Å²) in [5.74, 6) is 1.15. The van der Waals surface area contributed by atoms with Crippen LogP contribution in [0, 0.1) is 0 Å². The molecule has 0 atom stereocenters. The van der Waals surface area contributed by atoms with E-state index in [0.29, 0.717) is 0 Å². The van der Waals surface area contributed by atoms with E-state index in [4.69, 9.17) is 0 Å². The van der Waals surface area contributed by atoms with Crippen molar-refractivity contribution < 1.29 is 0 Å². The minimum Gasteiger partial charge on any atom is -0.362 e. The minimum absolute atomic E-state index is 0.903. The maximum atomic E-state index is 4.38. The standard InChI is InChI=1S/C13H14BrN3/c14-9-11-1-3-12(4-2-11)17-8-7-16-6-5-15-13(16)10-17/h1-6H,7-10H2. The molecule has 0 amide bonds. The number of hydrogen-bond acceptors (Lipinski definition) is 2. The second kappa shape index (κ2) is 4.53. The van der Waals surface area contributed by atoms with Crippen LogP contribution in [-0.4, -0.2) is 16.1 Å². The second-order valence-corrected chi connectivity index (χ2v) is 4.82. The van der Waals surface area contributed by atoms with Crippen LogP contribution in [0.4, 0.5) is 5.69 Å². The van der Waals surface area contributed by atoms with Crippen molar-refractivity contribution in [1.29, 1.82) is 0 Å². The van der Waals surface area contributed by atoms with Gasteiger partial charge >= 0.3 is 0 Å². The van der Waals surface area contributed by atoms with E-state index in [1.54, 1.807) is 0 Å². The maximum absolute atomic E-state index is 4.38. The summed E-state index contributed by atoms with van der Waals surface area (Å²) in [5, 5.41) is 0.914. The highest BCUT2D eigenvalue weighted by atomic mass is 79.9. The molecule has 0 N–H and O–H groups in total. The summed E-state index contributed by atoms with van der Waals surface area (Å²) in [6.45, 7) is 2.98. The molecule has 0 spiro atoms. The Bertz CT molecular complexity index is 504. The van der Waals surface area contributed by atoms with E-state index in [0.717, 1.165) is 30.8 Å². The fourth-order valence-corrected chi connectivity index (χ4v) is 2.56. The number of halogens is 1. The average Bonchev–Trinajstić information content (AvgIpc) is 2.86. The number of anilines is 1. The molecule has 0 radical (unpaired) electrons. The van der Waals surface area contributed by atoms with Crippen LogP contribution < -0.4 is 4.90 Å². The molecule has 1 aromatic heterocycles. The minimum atomic E-state index is 0.903. The molecule has 3 rings (SSSR count). The summed E-state index contributed by atoms with van der Waals surface area (Å²) in [4.78, 5) is 6.76. The molecule has 0 unspecified atom stereocenters. The number of benzene rings is 1. The number of nitrogens with zero attached hydrogens (tertiary/aromatic N) is 3. The normalized spacial score (nSPS) is 14.8.